The molecule has 0 spiro atoms. The first-order chi connectivity index (χ1) is 9.74. The number of phenolic OH excluding ortho intramolecular Hbond substituents is 1. The molecule has 3 nitrogen and oxygen atoms in total. The number of benzene rings is 2. The summed E-state index contributed by atoms with van der Waals surface area (Å²) in [6.07, 6.45) is 3.69. The molecule has 0 aliphatic carbocycles. The fourth-order valence-corrected chi connectivity index (χ4v) is 2.55. The van der Waals surface area contributed by atoms with E-state index in [2.05, 4.69) is 20.9 Å². The Kier molecular flexibility index (Phi) is 3.56. The van der Waals surface area contributed by atoms with E-state index in [1.54, 1.807) is 12.3 Å². The van der Waals surface area contributed by atoms with Crippen LogP contribution >= 0.6 is 15.9 Å². The summed E-state index contributed by atoms with van der Waals surface area (Å²) in [5.41, 5.74) is 1.92. The quantitative estimate of drug-likeness (QED) is 0.787. The van der Waals surface area contributed by atoms with Gasteiger partial charge in [0.15, 0.2) is 0 Å². The summed E-state index contributed by atoms with van der Waals surface area (Å²) in [7, 11) is 0. The number of para-hydroxylation sites is 1. The normalized spacial score (nSPS) is 10.7. The molecule has 0 saturated carbocycles. The predicted molar refractivity (Wildman–Crippen MR) is 82.6 cm³/mol. The van der Waals surface area contributed by atoms with Crippen molar-refractivity contribution in [2.45, 2.75) is 6.54 Å². The van der Waals surface area contributed by atoms with Crippen molar-refractivity contribution in [3.05, 3.63) is 71.0 Å². The van der Waals surface area contributed by atoms with E-state index in [0.717, 1.165) is 21.4 Å². The smallest absolute Gasteiger partial charge is 0.140 e. The third-order valence-electron chi connectivity index (χ3n) is 3.13. The van der Waals surface area contributed by atoms with Gasteiger partial charge in [0.2, 0.25) is 0 Å². The summed E-state index contributed by atoms with van der Waals surface area (Å²) in [5.74, 6) is 1.19. The molecule has 0 unspecified atom stereocenters. The zero-order valence-corrected chi connectivity index (χ0v) is 12.3. The minimum atomic E-state index is 0.307. The second-order valence-electron chi connectivity index (χ2n) is 4.52. The number of halogens is 1. The average Bonchev–Trinajstić information content (AvgIpc) is 2.90. The van der Waals surface area contributed by atoms with Crippen molar-refractivity contribution in [3.63, 3.8) is 0 Å². The lowest BCUT2D eigenvalue weighted by atomic mass is 10.2. The highest BCUT2D eigenvalue weighted by Crippen LogP contribution is 2.24. The van der Waals surface area contributed by atoms with E-state index in [4.69, 9.17) is 0 Å². The average molecular weight is 329 g/mol. The van der Waals surface area contributed by atoms with Gasteiger partial charge in [-0.3, -0.25) is 0 Å². The maximum Gasteiger partial charge on any atom is 0.140 e. The molecule has 1 aromatic heterocycles. The number of hydrogen-bond donors (Lipinski definition) is 1. The van der Waals surface area contributed by atoms with Crippen LogP contribution in [0.2, 0.25) is 0 Å². The molecule has 20 heavy (non-hydrogen) atoms. The van der Waals surface area contributed by atoms with E-state index in [0.29, 0.717) is 12.3 Å². The Labute approximate surface area is 125 Å². The Balaban J connectivity index is 1.97. The monoisotopic (exact) mass is 328 g/mol. The molecule has 0 aliphatic rings. The van der Waals surface area contributed by atoms with Crippen LogP contribution in [0.1, 0.15) is 5.56 Å². The zero-order valence-electron chi connectivity index (χ0n) is 10.7. The van der Waals surface area contributed by atoms with Crippen LogP contribution in [0.5, 0.6) is 5.75 Å². The van der Waals surface area contributed by atoms with E-state index >= 15 is 0 Å². The Bertz CT molecular complexity index is 737. The maximum atomic E-state index is 9.87. The summed E-state index contributed by atoms with van der Waals surface area (Å²) >= 11 is 3.47. The fraction of sp³-hybridized carbons (Fsp3) is 0.0625. The standard InChI is InChI=1S/C16H13BrN2O/c17-14-6-3-5-12(10-14)16-18-8-9-19(16)11-13-4-1-2-7-15(13)20/h1-10,20H,11H2. The highest BCUT2D eigenvalue weighted by molar-refractivity contribution is 9.10. The molecule has 0 fully saturated rings. The molecule has 1 N–H and O–H groups in total. The van der Waals surface area contributed by atoms with Gasteiger partial charge in [-0.1, -0.05) is 46.3 Å². The summed E-state index contributed by atoms with van der Waals surface area (Å²) in [5, 5.41) is 9.87. The van der Waals surface area contributed by atoms with Gasteiger partial charge < -0.3 is 9.67 Å². The molecule has 3 rings (SSSR count). The lowest BCUT2D eigenvalue weighted by molar-refractivity contribution is 0.466. The first kappa shape index (κ1) is 12.9. The van der Waals surface area contributed by atoms with Crippen LogP contribution in [-0.4, -0.2) is 14.7 Å². The molecule has 100 valence electrons. The zero-order chi connectivity index (χ0) is 13.9. The van der Waals surface area contributed by atoms with Gasteiger partial charge in [0, 0.05) is 28.0 Å². The minimum absolute atomic E-state index is 0.307. The number of rotatable bonds is 3. The molecular weight excluding hydrogens is 316 g/mol. The lowest BCUT2D eigenvalue weighted by Crippen LogP contribution is -2.01. The van der Waals surface area contributed by atoms with E-state index in [1.165, 1.54) is 0 Å². The molecule has 0 amide bonds. The van der Waals surface area contributed by atoms with Crippen molar-refractivity contribution in [1.29, 1.82) is 0 Å². The van der Waals surface area contributed by atoms with Crippen molar-refractivity contribution >= 4 is 15.9 Å². The van der Waals surface area contributed by atoms with Gasteiger partial charge in [-0.25, -0.2) is 4.98 Å². The molecule has 0 bridgehead atoms. The second kappa shape index (κ2) is 5.51. The van der Waals surface area contributed by atoms with E-state index < -0.39 is 0 Å². The largest absolute Gasteiger partial charge is 0.508 e. The predicted octanol–water partition coefficient (Wildman–Crippen LogP) is 4.07. The van der Waals surface area contributed by atoms with Gasteiger partial charge >= 0.3 is 0 Å². The lowest BCUT2D eigenvalue weighted by Gasteiger charge is -2.09. The molecule has 1 heterocycles. The molecule has 3 aromatic rings. The van der Waals surface area contributed by atoms with E-state index in [1.807, 2.05) is 53.2 Å². The van der Waals surface area contributed by atoms with Gasteiger partial charge in [0.1, 0.15) is 11.6 Å². The van der Waals surface area contributed by atoms with Crippen LogP contribution in [0, 0.1) is 0 Å². The number of phenols is 1. The van der Waals surface area contributed by atoms with Gasteiger partial charge in [-0.2, -0.15) is 0 Å². The Morgan fingerprint density at radius 3 is 2.75 bits per heavy atom. The summed E-state index contributed by atoms with van der Waals surface area (Å²) in [6, 6.07) is 15.4. The summed E-state index contributed by atoms with van der Waals surface area (Å²) in [4.78, 5) is 4.41. The first-order valence-electron chi connectivity index (χ1n) is 6.28. The topological polar surface area (TPSA) is 38.0 Å². The van der Waals surface area contributed by atoms with Gasteiger partial charge in [0.25, 0.3) is 0 Å². The molecule has 0 aliphatic heterocycles. The van der Waals surface area contributed by atoms with Gasteiger partial charge in [0.05, 0.1) is 6.54 Å². The van der Waals surface area contributed by atoms with Crippen LogP contribution in [0.4, 0.5) is 0 Å². The van der Waals surface area contributed by atoms with Crippen molar-refractivity contribution in [3.8, 4) is 17.1 Å². The Morgan fingerprint density at radius 2 is 1.95 bits per heavy atom. The fourth-order valence-electron chi connectivity index (χ4n) is 2.15. The molecule has 0 radical (unpaired) electrons. The van der Waals surface area contributed by atoms with Crippen LogP contribution in [0.25, 0.3) is 11.4 Å². The van der Waals surface area contributed by atoms with E-state index in [-0.39, 0.29) is 0 Å². The summed E-state index contributed by atoms with van der Waals surface area (Å²) in [6.45, 7) is 0.592. The molecule has 0 atom stereocenters. The van der Waals surface area contributed by atoms with Crippen molar-refractivity contribution in [2.75, 3.05) is 0 Å². The number of aromatic hydroxyl groups is 1. The SMILES string of the molecule is Oc1ccccc1Cn1ccnc1-c1cccc(Br)c1. The molecule has 0 saturated heterocycles. The number of hydrogen-bond acceptors (Lipinski definition) is 2. The molecule has 4 heteroatoms. The number of imidazole rings is 1. The summed E-state index contributed by atoms with van der Waals surface area (Å²) < 4.78 is 3.05. The van der Waals surface area contributed by atoms with E-state index in [9.17, 15) is 5.11 Å². The third-order valence-corrected chi connectivity index (χ3v) is 3.62. The highest BCUT2D eigenvalue weighted by Gasteiger charge is 2.08. The van der Waals surface area contributed by atoms with Crippen molar-refractivity contribution in [2.24, 2.45) is 0 Å². The second-order valence-corrected chi connectivity index (χ2v) is 5.43. The number of nitrogens with zero attached hydrogens (tertiary/aromatic N) is 2. The highest BCUT2D eigenvalue weighted by atomic mass is 79.9. The molecular formula is C16H13BrN2O. The Hall–Kier alpha value is -2.07. The van der Waals surface area contributed by atoms with Crippen molar-refractivity contribution in [1.82, 2.24) is 9.55 Å². The maximum absolute atomic E-state index is 9.87. The van der Waals surface area contributed by atoms with Crippen LogP contribution in [0.15, 0.2) is 65.4 Å². The first-order valence-corrected chi connectivity index (χ1v) is 7.07. The van der Waals surface area contributed by atoms with Gasteiger partial charge in [-0.15, -0.1) is 0 Å². The third kappa shape index (κ3) is 2.60. The van der Waals surface area contributed by atoms with Crippen LogP contribution < -0.4 is 0 Å². The Morgan fingerprint density at radius 1 is 1.10 bits per heavy atom. The van der Waals surface area contributed by atoms with Crippen LogP contribution in [0.3, 0.4) is 0 Å². The van der Waals surface area contributed by atoms with Gasteiger partial charge in [-0.05, 0) is 18.2 Å². The molecule has 2 aromatic carbocycles. The van der Waals surface area contributed by atoms with Crippen molar-refractivity contribution < 1.29 is 5.11 Å². The minimum Gasteiger partial charge on any atom is -0.508 e. The number of aromatic nitrogens is 2. The van der Waals surface area contributed by atoms with Crippen LogP contribution in [-0.2, 0) is 6.54 Å².